The van der Waals surface area contributed by atoms with Crippen LogP contribution in [0.5, 0.6) is 5.75 Å². The molecule has 4 nitrogen and oxygen atoms in total. The fourth-order valence-corrected chi connectivity index (χ4v) is 2.22. The Morgan fingerprint density at radius 2 is 2.00 bits per heavy atom. The van der Waals surface area contributed by atoms with Crippen LogP contribution in [0.2, 0.25) is 0 Å². The molecule has 0 N–H and O–H groups in total. The second-order valence-corrected chi connectivity index (χ2v) is 6.92. The number of ether oxygens (including phenoxy) is 1. The smallest absolute Gasteiger partial charge is 0.416 e. The van der Waals surface area contributed by atoms with E-state index in [0.717, 1.165) is 12.1 Å². The average Bonchev–Trinajstić information content (AvgIpc) is 2.35. The highest BCUT2D eigenvalue weighted by atomic mass is 31.2. The van der Waals surface area contributed by atoms with Crippen LogP contribution < -0.4 is 4.74 Å². The van der Waals surface area contributed by atoms with E-state index in [1.807, 2.05) is 0 Å². The molecule has 0 aromatic heterocycles. The molecule has 0 heterocycles. The molecule has 1 atom stereocenters. The lowest BCUT2D eigenvalue weighted by atomic mass is 10.2. The van der Waals surface area contributed by atoms with Crippen molar-refractivity contribution >= 4 is 13.2 Å². The number of ketones is 1. The van der Waals surface area contributed by atoms with Gasteiger partial charge in [0.05, 0.1) is 11.7 Å². The maximum absolute atomic E-state index is 12.5. The summed E-state index contributed by atoms with van der Waals surface area (Å²) < 4.78 is 58.5. The first-order valence-electron chi connectivity index (χ1n) is 5.58. The number of halogens is 3. The predicted octanol–water partition coefficient (Wildman–Crippen LogP) is 3.21. The fraction of sp³-hybridized carbons (Fsp3) is 0.417. The number of Topliss-reactive ketones (excluding diaryl/α,β-unsaturated/α-hetero) is 1. The average molecular weight is 310 g/mol. The Kier molecular flexibility index (Phi) is 5.36. The predicted molar refractivity (Wildman–Crippen MR) is 67.4 cm³/mol. The molecule has 8 heteroatoms. The van der Waals surface area contributed by atoms with Crippen LogP contribution in [-0.2, 0) is 20.1 Å². The molecule has 0 aliphatic carbocycles. The summed E-state index contributed by atoms with van der Waals surface area (Å²) >= 11 is 0. The monoisotopic (exact) mass is 310 g/mol. The Morgan fingerprint density at radius 1 is 1.35 bits per heavy atom. The Labute approximate surface area is 114 Å². The Hall–Kier alpha value is -1.33. The standard InChI is InChI=1S/C12H14F3O4P/c1-18-20(2,17)8-10(16)7-19-11-5-3-4-9(6-11)12(13,14)15/h3-6H,7-8H2,1-2H3. The summed E-state index contributed by atoms with van der Waals surface area (Å²) in [5, 5.41) is 0. The van der Waals surface area contributed by atoms with Crippen molar-refractivity contribution in [2.75, 3.05) is 26.5 Å². The number of alkyl halides is 3. The van der Waals surface area contributed by atoms with Gasteiger partial charge in [-0.3, -0.25) is 9.36 Å². The molecular formula is C12H14F3O4P. The summed E-state index contributed by atoms with van der Waals surface area (Å²) in [6.07, 6.45) is -4.79. The second kappa shape index (κ2) is 6.41. The summed E-state index contributed by atoms with van der Waals surface area (Å²) in [5.41, 5.74) is -0.861. The van der Waals surface area contributed by atoms with E-state index in [0.29, 0.717) is 0 Å². The third-order valence-corrected chi connectivity index (χ3v) is 4.11. The molecule has 20 heavy (non-hydrogen) atoms. The third kappa shape index (κ3) is 5.35. The van der Waals surface area contributed by atoms with Gasteiger partial charge in [0.1, 0.15) is 12.4 Å². The zero-order chi connectivity index (χ0) is 15.4. The van der Waals surface area contributed by atoms with E-state index in [1.54, 1.807) is 0 Å². The van der Waals surface area contributed by atoms with Crippen LogP contribution in [0.4, 0.5) is 13.2 Å². The lowest BCUT2D eigenvalue weighted by Gasteiger charge is -2.11. The highest BCUT2D eigenvalue weighted by molar-refractivity contribution is 7.59. The highest BCUT2D eigenvalue weighted by Crippen LogP contribution is 2.40. The van der Waals surface area contributed by atoms with Crippen molar-refractivity contribution in [1.82, 2.24) is 0 Å². The SMILES string of the molecule is COP(C)(=O)CC(=O)COc1cccc(C(F)(F)F)c1. The summed E-state index contributed by atoms with van der Waals surface area (Å²) in [6.45, 7) is 0.845. The molecule has 0 spiro atoms. The molecule has 0 fully saturated rings. The van der Waals surface area contributed by atoms with Gasteiger partial charge in [-0.1, -0.05) is 6.07 Å². The summed E-state index contributed by atoms with van der Waals surface area (Å²) in [4.78, 5) is 11.5. The van der Waals surface area contributed by atoms with Gasteiger partial charge in [0.2, 0.25) is 7.37 Å². The van der Waals surface area contributed by atoms with Crippen molar-refractivity contribution in [1.29, 1.82) is 0 Å². The van der Waals surface area contributed by atoms with Crippen LogP contribution in [0.3, 0.4) is 0 Å². The van der Waals surface area contributed by atoms with E-state index in [2.05, 4.69) is 4.52 Å². The molecule has 0 saturated carbocycles. The molecule has 1 aromatic rings. The molecule has 112 valence electrons. The van der Waals surface area contributed by atoms with Crippen LogP contribution in [0.15, 0.2) is 24.3 Å². The van der Waals surface area contributed by atoms with Crippen LogP contribution >= 0.6 is 7.37 Å². The Morgan fingerprint density at radius 3 is 2.55 bits per heavy atom. The lowest BCUT2D eigenvalue weighted by Crippen LogP contribution is -2.16. The molecule has 0 saturated heterocycles. The van der Waals surface area contributed by atoms with Crippen LogP contribution in [-0.4, -0.2) is 32.3 Å². The van der Waals surface area contributed by atoms with Gasteiger partial charge < -0.3 is 9.26 Å². The third-order valence-electron chi connectivity index (χ3n) is 2.41. The Bertz CT molecular complexity index is 528. The van der Waals surface area contributed by atoms with Crippen molar-refractivity contribution in [2.45, 2.75) is 6.18 Å². The molecule has 0 bridgehead atoms. The normalized spacial score (nSPS) is 14.7. The minimum atomic E-state index is -4.47. The van der Waals surface area contributed by atoms with E-state index >= 15 is 0 Å². The number of carbonyl (C=O) groups excluding carboxylic acids is 1. The van der Waals surface area contributed by atoms with E-state index < -0.39 is 31.5 Å². The van der Waals surface area contributed by atoms with Crippen LogP contribution in [0, 0.1) is 0 Å². The van der Waals surface area contributed by atoms with Crippen molar-refractivity contribution in [3.63, 3.8) is 0 Å². The molecule has 1 aromatic carbocycles. The summed E-state index contributed by atoms with van der Waals surface area (Å²) in [7, 11) is -1.77. The van der Waals surface area contributed by atoms with E-state index in [1.165, 1.54) is 25.9 Å². The first kappa shape index (κ1) is 16.7. The molecule has 0 amide bonds. The highest BCUT2D eigenvalue weighted by Gasteiger charge is 2.30. The number of carbonyl (C=O) groups is 1. The molecule has 0 radical (unpaired) electrons. The topological polar surface area (TPSA) is 52.6 Å². The van der Waals surface area contributed by atoms with Crippen molar-refractivity contribution in [3.8, 4) is 5.75 Å². The number of hydrogen-bond donors (Lipinski definition) is 0. The molecule has 0 aliphatic rings. The number of rotatable bonds is 6. The van der Waals surface area contributed by atoms with Gasteiger partial charge in [0.25, 0.3) is 0 Å². The fourth-order valence-electron chi connectivity index (χ4n) is 1.36. The maximum atomic E-state index is 12.5. The van der Waals surface area contributed by atoms with Gasteiger partial charge in [-0.05, 0) is 18.2 Å². The Balaban J connectivity index is 2.63. The van der Waals surface area contributed by atoms with Gasteiger partial charge in [0.15, 0.2) is 5.78 Å². The van der Waals surface area contributed by atoms with Gasteiger partial charge in [0, 0.05) is 13.8 Å². The lowest BCUT2D eigenvalue weighted by molar-refractivity contribution is -0.137. The molecular weight excluding hydrogens is 296 g/mol. The first-order valence-corrected chi connectivity index (χ1v) is 7.84. The van der Waals surface area contributed by atoms with Crippen LogP contribution in [0.25, 0.3) is 0 Å². The van der Waals surface area contributed by atoms with Crippen LogP contribution in [0.1, 0.15) is 5.56 Å². The minimum absolute atomic E-state index is 0.0727. The zero-order valence-electron chi connectivity index (χ0n) is 10.9. The minimum Gasteiger partial charge on any atom is -0.486 e. The summed E-state index contributed by atoms with van der Waals surface area (Å²) in [5.74, 6) is -0.577. The van der Waals surface area contributed by atoms with Gasteiger partial charge >= 0.3 is 6.18 Å². The van der Waals surface area contributed by atoms with Gasteiger partial charge in [-0.25, -0.2) is 0 Å². The number of benzene rings is 1. The van der Waals surface area contributed by atoms with E-state index in [4.69, 9.17) is 4.74 Å². The van der Waals surface area contributed by atoms with Crippen molar-refractivity contribution in [2.24, 2.45) is 0 Å². The zero-order valence-corrected chi connectivity index (χ0v) is 11.8. The van der Waals surface area contributed by atoms with Crippen molar-refractivity contribution < 1.29 is 31.8 Å². The van der Waals surface area contributed by atoms with Gasteiger partial charge in [-0.2, -0.15) is 13.2 Å². The van der Waals surface area contributed by atoms with E-state index in [9.17, 15) is 22.5 Å². The molecule has 1 rings (SSSR count). The largest absolute Gasteiger partial charge is 0.486 e. The quantitative estimate of drug-likeness (QED) is 0.757. The van der Waals surface area contributed by atoms with Gasteiger partial charge in [-0.15, -0.1) is 0 Å². The molecule has 0 aliphatic heterocycles. The maximum Gasteiger partial charge on any atom is 0.416 e. The van der Waals surface area contributed by atoms with E-state index in [-0.39, 0.29) is 11.9 Å². The second-order valence-electron chi connectivity index (χ2n) is 4.21. The first-order chi connectivity index (χ1) is 9.14. The molecule has 1 unspecified atom stereocenters. The van der Waals surface area contributed by atoms with Crippen molar-refractivity contribution in [3.05, 3.63) is 29.8 Å². The summed E-state index contributed by atoms with van der Waals surface area (Å²) in [6, 6.07) is 4.20. The number of hydrogen-bond acceptors (Lipinski definition) is 4.